The standard InChI is InChI=1S/C8H15N3/c1-8(2,9)6-7-4-5-10-11(7)3/h4-5H,6,9H2,1-3H3. The maximum Gasteiger partial charge on any atom is 0.0492 e. The van der Waals surface area contributed by atoms with E-state index in [0.29, 0.717) is 0 Å². The molecule has 0 unspecified atom stereocenters. The number of aromatic nitrogens is 2. The zero-order valence-corrected chi connectivity index (χ0v) is 7.33. The van der Waals surface area contributed by atoms with Crippen LogP contribution in [0.4, 0.5) is 0 Å². The third kappa shape index (κ3) is 2.35. The van der Waals surface area contributed by atoms with Gasteiger partial charge >= 0.3 is 0 Å². The Balaban J connectivity index is 2.72. The van der Waals surface area contributed by atoms with Crippen LogP contribution in [0.3, 0.4) is 0 Å². The Morgan fingerprint density at radius 1 is 1.64 bits per heavy atom. The van der Waals surface area contributed by atoms with Gasteiger partial charge in [-0.3, -0.25) is 4.68 Å². The zero-order chi connectivity index (χ0) is 8.48. The molecule has 1 aromatic rings. The van der Waals surface area contributed by atoms with Gasteiger partial charge in [-0.2, -0.15) is 5.10 Å². The molecule has 1 rings (SSSR count). The monoisotopic (exact) mass is 153 g/mol. The minimum Gasteiger partial charge on any atom is -0.325 e. The summed E-state index contributed by atoms with van der Waals surface area (Å²) < 4.78 is 1.86. The Labute approximate surface area is 67.2 Å². The summed E-state index contributed by atoms with van der Waals surface area (Å²) in [6.07, 6.45) is 2.66. The highest BCUT2D eigenvalue weighted by molar-refractivity contribution is 5.04. The van der Waals surface area contributed by atoms with Gasteiger partial charge < -0.3 is 5.73 Å². The van der Waals surface area contributed by atoms with Crippen LogP contribution in [0, 0.1) is 0 Å². The van der Waals surface area contributed by atoms with Gasteiger partial charge in [0, 0.05) is 30.9 Å². The summed E-state index contributed by atoms with van der Waals surface area (Å²) in [5.74, 6) is 0. The highest BCUT2D eigenvalue weighted by atomic mass is 15.3. The fourth-order valence-corrected chi connectivity index (χ4v) is 1.04. The van der Waals surface area contributed by atoms with E-state index in [0.717, 1.165) is 6.42 Å². The molecular weight excluding hydrogens is 138 g/mol. The topological polar surface area (TPSA) is 43.8 Å². The smallest absolute Gasteiger partial charge is 0.0492 e. The lowest BCUT2D eigenvalue weighted by Gasteiger charge is -2.17. The van der Waals surface area contributed by atoms with E-state index < -0.39 is 0 Å². The van der Waals surface area contributed by atoms with Gasteiger partial charge in [0.2, 0.25) is 0 Å². The van der Waals surface area contributed by atoms with Crippen molar-refractivity contribution in [1.29, 1.82) is 0 Å². The van der Waals surface area contributed by atoms with E-state index in [1.54, 1.807) is 6.20 Å². The number of nitrogens with zero attached hydrogens (tertiary/aromatic N) is 2. The van der Waals surface area contributed by atoms with Gasteiger partial charge in [0.05, 0.1) is 0 Å². The van der Waals surface area contributed by atoms with Gasteiger partial charge in [0.15, 0.2) is 0 Å². The molecule has 0 atom stereocenters. The third-order valence-corrected chi connectivity index (χ3v) is 1.56. The molecule has 1 aromatic heterocycles. The maximum absolute atomic E-state index is 5.85. The summed E-state index contributed by atoms with van der Waals surface area (Å²) in [6, 6.07) is 1.99. The maximum atomic E-state index is 5.85. The Hall–Kier alpha value is -0.830. The van der Waals surface area contributed by atoms with Crippen LogP contribution in [-0.2, 0) is 13.5 Å². The SMILES string of the molecule is Cn1nccc1CC(C)(C)N. The Morgan fingerprint density at radius 3 is 2.64 bits per heavy atom. The molecule has 0 radical (unpaired) electrons. The Morgan fingerprint density at radius 2 is 2.27 bits per heavy atom. The molecule has 0 saturated heterocycles. The second-order valence-corrected chi connectivity index (χ2v) is 3.61. The Kier molecular flexibility index (Phi) is 2.00. The van der Waals surface area contributed by atoms with Crippen LogP contribution in [-0.4, -0.2) is 15.3 Å². The van der Waals surface area contributed by atoms with Gasteiger partial charge in [-0.25, -0.2) is 0 Å². The third-order valence-electron chi connectivity index (χ3n) is 1.56. The van der Waals surface area contributed by atoms with E-state index >= 15 is 0 Å². The first-order chi connectivity index (χ1) is 4.99. The van der Waals surface area contributed by atoms with E-state index in [2.05, 4.69) is 5.10 Å². The van der Waals surface area contributed by atoms with Gasteiger partial charge in [0.25, 0.3) is 0 Å². The highest BCUT2D eigenvalue weighted by Crippen LogP contribution is 2.07. The van der Waals surface area contributed by atoms with Crippen LogP contribution in [0.1, 0.15) is 19.5 Å². The van der Waals surface area contributed by atoms with Crippen LogP contribution in [0.25, 0.3) is 0 Å². The van der Waals surface area contributed by atoms with Gasteiger partial charge in [-0.05, 0) is 19.9 Å². The number of nitrogens with two attached hydrogens (primary N) is 1. The van der Waals surface area contributed by atoms with Crippen molar-refractivity contribution in [2.24, 2.45) is 12.8 Å². The molecule has 62 valence electrons. The first-order valence-electron chi connectivity index (χ1n) is 3.75. The lowest BCUT2D eigenvalue weighted by molar-refractivity contribution is 0.495. The number of rotatable bonds is 2. The predicted molar refractivity (Wildman–Crippen MR) is 45.2 cm³/mol. The van der Waals surface area contributed by atoms with Gasteiger partial charge in [-0.1, -0.05) is 0 Å². The normalized spacial score (nSPS) is 12.0. The summed E-state index contributed by atoms with van der Waals surface area (Å²) in [4.78, 5) is 0. The molecule has 0 aromatic carbocycles. The summed E-state index contributed by atoms with van der Waals surface area (Å²) in [6.45, 7) is 4.03. The van der Waals surface area contributed by atoms with Crippen LogP contribution in [0.15, 0.2) is 12.3 Å². The summed E-state index contributed by atoms with van der Waals surface area (Å²) in [5, 5.41) is 4.06. The van der Waals surface area contributed by atoms with Crippen LogP contribution < -0.4 is 5.73 Å². The fourth-order valence-electron chi connectivity index (χ4n) is 1.04. The first-order valence-corrected chi connectivity index (χ1v) is 3.75. The molecule has 2 N–H and O–H groups in total. The highest BCUT2D eigenvalue weighted by Gasteiger charge is 2.13. The molecule has 1 heterocycles. The summed E-state index contributed by atoms with van der Waals surface area (Å²) >= 11 is 0. The average Bonchev–Trinajstić information content (AvgIpc) is 2.12. The Bertz CT molecular complexity index is 232. The predicted octanol–water partition coefficient (Wildman–Crippen LogP) is 0.700. The van der Waals surface area contributed by atoms with Crippen molar-refractivity contribution in [2.75, 3.05) is 0 Å². The second kappa shape index (κ2) is 2.66. The van der Waals surface area contributed by atoms with E-state index in [-0.39, 0.29) is 5.54 Å². The van der Waals surface area contributed by atoms with Crippen LogP contribution in [0.5, 0.6) is 0 Å². The first kappa shape index (κ1) is 8.27. The van der Waals surface area contributed by atoms with E-state index in [1.165, 1.54) is 5.69 Å². The van der Waals surface area contributed by atoms with Crippen molar-refractivity contribution >= 4 is 0 Å². The number of hydrogen-bond acceptors (Lipinski definition) is 2. The largest absolute Gasteiger partial charge is 0.325 e. The van der Waals surface area contributed by atoms with Crippen LogP contribution >= 0.6 is 0 Å². The van der Waals surface area contributed by atoms with Gasteiger partial charge in [-0.15, -0.1) is 0 Å². The molecule has 11 heavy (non-hydrogen) atoms. The van der Waals surface area contributed by atoms with Crippen molar-refractivity contribution < 1.29 is 0 Å². The number of aryl methyl sites for hydroxylation is 1. The fraction of sp³-hybridized carbons (Fsp3) is 0.625. The molecule has 0 aliphatic rings. The molecule has 0 spiro atoms. The summed E-state index contributed by atoms with van der Waals surface area (Å²) in [7, 11) is 1.93. The minimum atomic E-state index is -0.145. The van der Waals surface area contributed by atoms with E-state index in [1.807, 2.05) is 31.6 Å². The molecule has 0 amide bonds. The van der Waals surface area contributed by atoms with Crippen LogP contribution in [0.2, 0.25) is 0 Å². The van der Waals surface area contributed by atoms with Crippen molar-refractivity contribution in [3.05, 3.63) is 18.0 Å². The minimum absolute atomic E-state index is 0.145. The summed E-state index contributed by atoms with van der Waals surface area (Å²) in [5.41, 5.74) is 6.89. The molecule has 0 saturated carbocycles. The number of hydrogen-bond donors (Lipinski definition) is 1. The second-order valence-electron chi connectivity index (χ2n) is 3.61. The molecule has 0 fully saturated rings. The van der Waals surface area contributed by atoms with E-state index in [9.17, 15) is 0 Å². The zero-order valence-electron chi connectivity index (χ0n) is 7.33. The molecule has 0 aliphatic heterocycles. The molecule has 0 bridgehead atoms. The average molecular weight is 153 g/mol. The van der Waals surface area contributed by atoms with Crippen molar-refractivity contribution in [3.8, 4) is 0 Å². The van der Waals surface area contributed by atoms with Crippen molar-refractivity contribution in [2.45, 2.75) is 25.8 Å². The van der Waals surface area contributed by atoms with E-state index in [4.69, 9.17) is 5.73 Å². The van der Waals surface area contributed by atoms with Crippen molar-refractivity contribution in [3.63, 3.8) is 0 Å². The van der Waals surface area contributed by atoms with Crippen molar-refractivity contribution in [1.82, 2.24) is 9.78 Å². The molecule has 3 nitrogen and oxygen atoms in total. The quantitative estimate of drug-likeness (QED) is 0.679. The lowest BCUT2D eigenvalue weighted by Crippen LogP contribution is -2.35. The van der Waals surface area contributed by atoms with Gasteiger partial charge in [0.1, 0.15) is 0 Å². The molecule has 3 heteroatoms. The molecule has 0 aliphatic carbocycles. The molecular formula is C8H15N3. The lowest BCUT2D eigenvalue weighted by atomic mass is 10.0.